The van der Waals surface area contributed by atoms with Gasteiger partial charge in [-0.15, -0.1) is 11.3 Å². The standard InChI is InChI=1S/C16H24N4O3S2/c1-2-14-19-15(13-6-9-24-16(13)20-14)17-7-10-25(21,22)18-11-12-5-3-4-8-23-12/h6,9,12,18H,2-5,7-8,10-11H2,1H3,(H,17,19,20)/t12-/m1/s1. The molecule has 2 N–H and O–H groups in total. The molecule has 1 saturated heterocycles. The Labute approximate surface area is 152 Å². The fourth-order valence-corrected chi connectivity index (χ4v) is 4.49. The molecule has 25 heavy (non-hydrogen) atoms. The van der Waals surface area contributed by atoms with Crippen LogP contribution in [0.5, 0.6) is 0 Å². The van der Waals surface area contributed by atoms with Gasteiger partial charge in [-0.05, 0) is 30.7 Å². The Morgan fingerprint density at radius 1 is 1.36 bits per heavy atom. The van der Waals surface area contributed by atoms with Gasteiger partial charge in [0, 0.05) is 26.1 Å². The van der Waals surface area contributed by atoms with E-state index in [4.69, 9.17) is 4.74 Å². The lowest BCUT2D eigenvalue weighted by Crippen LogP contribution is -2.37. The predicted octanol–water partition coefficient (Wildman–Crippen LogP) is 2.15. The van der Waals surface area contributed by atoms with Gasteiger partial charge in [-0.1, -0.05) is 6.92 Å². The van der Waals surface area contributed by atoms with Crippen molar-refractivity contribution in [1.29, 1.82) is 0 Å². The number of nitrogens with zero attached hydrogens (tertiary/aromatic N) is 2. The molecule has 1 atom stereocenters. The Morgan fingerprint density at radius 3 is 3.00 bits per heavy atom. The van der Waals surface area contributed by atoms with Crippen molar-refractivity contribution in [2.45, 2.75) is 38.7 Å². The average Bonchev–Trinajstić information content (AvgIpc) is 3.09. The van der Waals surface area contributed by atoms with E-state index in [-0.39, 0.29) is 11.9 Å². The van der Waals surface area contributed by atoms with Gasteiger partial charge in [0.25, 0.3) is 0 Å². The molecule has 3 rings (SSSR count). The Bertz CT molecular complexity index is 801. The number of sulfonamides is 1. The van der Waals surface area contributed by atoms with Gasteiger partial charge in [-0.2, -0.15) is 0 Å². The summed E-state index contributed by atoms with van der Waals surface area (Å²) < 4.78 is 32.5. The largest absolute Gasteiger partial charge is 0.377 e. The number of thiophene rings is 1. The van der Waals surface area contributed by atoms with Crippen molar-refractivity contribution >= 4 is 37.4 Å². The van der Waals surface area contributed by atoms with Crippen LogP contribution < -0.4 is 10.0 Å². The molecule has 0 bridgehead atoms. The first kappa shape index (κ1) is 18.5. The van der Waals surface area contributed by atoms with Crippen molar-refractivity contribution in [2.24, 2.45) is 0 Å². The van der Waals surface area contributed by atoms with Gasteiger partial charge in [0.05, 0.1) is 17.2 Å². The number of anilines is 1. The molecule has 0 aromatic carbocycles. The summed E-state index contributed by atoms with van der Waals surface area (Å²) in [4.78, 5) is 9.88. The van der Waals surface area contributed by atoms with E-state index >= 15 is 0 Å². The molecule has 0 spiro atoms. The second-order valence-corrected chi connectivity index (χ2v) is 8.89. The molecular weight excluding hydrogens is 360 g/mol. The molecule has 0 saturated carbocycles. The molecule has 2 aromatic heterocycles. The molecule has 0 radical (unpaired) electrons. The van der Waals surface area contributed by atoms with E-state index in [0.717, 1.165) is 48.3 Å². The predicted molar refractivity (Wildman–Crippen MR) is 101 cm³/mol. The number of aryl methyl sites for hydroxylation is 1. The van der Waals surface area contributed by atoms with Crippen LogP contribution in [0, 0.1) is 0 Å². The normalized spacial score (nSPS) is 18.5. The quantitative estimate of drug-likeness (QED) is 0.724. The lowest BCUT2D eigenvalue weighted by molar-refractivity contribution is 0.0200. The zero-order valence-corrected chi connectivity index (χ0v) is 16.0. The van der Waals surface area contributed by atoms with Crippen molar-refractivity contribution in [3.05, 3.63) is 17.3 Å². The molecule has 0 aliphatic carbocycles. The molecule has 1 aliphatic rings. The first-order chi connectivity index (χ1) is 12.1. The highest BCUT2D eigenvalue weighted by Gasteiger charge is 2.18. The smallest absolute Gasteiger partial charge is 0.213 e. The summed E-state index contributed by atoms with van der Waals surface area (Å²) in [6.45, 7) is 3.37. The first-order valence-corrected chi connectivity index (χ1v) is 11.2. The number of aromatic nitrogens is 2. The third-order valence-corrected chi connectivity index (χ3v) is 6.31. The van der Waals surface area contributed by atoms with E-state index in [1.807, 2.05) is 18.4 Å². The molecule has 2 aromatic rings. The summed E-state index contributed by atoms with van der Waals surface area (Å²) in [5.41, 5.74) is 0. The Hall–Kier alpha value is -1.29. The molecule has 7 nitrogen and oxygen atoms in total. The SMILES string of the molecule is CCc1nc(NCCS(=O)(=O)NC[C@H]2CCCCO2)c2ccsc2n1. The Morgan fingerprint density at radius 2 is 2.24 bits per heavy atom. The van der Waals surface area contributed by atoms with E-state index < -0.39 is 10.0 Å². The van der Waals surface area contributed by atoms with E-state index in [1.165, 1.54) is 0 Å². The zero-order chi connectivity index (χ0) is 17.7. The highest BCUT2D eigenvalue weighted by molar-refractivity contribution is 7.89. The average molecular weight is 385 g/mol. The second-order valence-electron chi connectivity index (χ2n) is 6.06. The van der Waals surface area contributed by atoms with Crippen LogP contribution in [0.3, 0.4) is 0 Å². The number of nitrogens with one attached hydrogen (secondary N) is 2. The highest BCUT2D eigenvalue weighted by atomic mass is 32.2. The Kier molecular flexibility index (Phi) is 6.21. The maximum absolute atomic E-state index is 12.2. The minimum absolute atomic E-state index is 0.00316. The molecule has 9 heteroatoms. The monoisotopic (exact) mass is 384 g/mol. The summed E-state index contributed by atoms with van der Waals surface area (Å²) in [5.74, 6) is 1.46. The van der Waals surface area contributed by atoms with E-state index in [0.29, 0.717) is 18.9 Å². The van der Waals surface area contributed by atoms with Crippen molar-refractivity contribution < 1.29 is 13.2 Å². The molecule has 3 heterocycles. The molecule has 138 valence electrons. The summed E-state index contributed by atoms with van der Waals surface area (Å²) in [5, 5.41) is 6.05. The van der Waals surface area contributed by atoms with Crippen LogP contribution >= 0.6 is 11.3 Å². The van der Waals surface area contributed by atoms with E-state index in [9.17, 15) is 8.42 Å². The van der Waals surface area contributed by atoms with E-state index in [1.54, 1.807) is 11.3 Å². The zero-order valence-electron chi connectivity index (χ0n) is 14.3. The first-order valence-electron chi connectivity index (χ1n) is 8.64. The van der Waals surface area contributed by atoms with Crippen LogP contribution in [-0.4, -0.2) is 49.9 Å². The van der Waals surface area contributed by atoms with Crippen LogP contribution in [0.15, 0.2) is 11.4 Å². The second kappa shape index (κ2) is 8.39. The molecule has 1 fully saturated rings. The van der Waals surface area contributed by atoms with Crippen LogP contribution in [0.2, 0.25) is 0 Å². The minimum atomic E-state index is -3.34. The van der Waals surface area contributed by atoms with Crippen molar-refractivity contribution in [3.8, 4) is 0 Å². The fraction of sp³-hybridized carbons (Fsp3) is 0.625. The summed E-state index contributed by atoms with van der Waals surface area (Å²) >= 11 is 1.56. The minimum Gasteiger partial charge on any atom is -0.377 e. The third kappa shape index (κ3) is 5.10. The highest BCUT2D eigenvalue weighted by Crippen LogP contribution is 2.25. The van der Waals surface area contributed by atoms with Crippen LogP contribution in [0.25, 0.3) is 10.2 Å². The lowest BCUT2D eigenvalue weighted by atomic mass is 10.1. The number of hydrogen-bond acceptors (Lipinski definition) is 7. The van der Waals surface area contributed by atoms with Crippen molar-refractivity contribution in [2.75, 3.05) is 30.8 Å². The van der Waals surface area contributed by atoms with Gasteiger partial charge < -0.3 is 10.1 Å². The number of hydrogen-bond donors (Lipinski definition) is 2. The van der Waals surface area contributed by atoms with Crippen molar-refractivity contribution in [3.63, 3.8) is 0 Å². The summed E-state index contributed by atoms with van der Waals surface area (Å²) in [7, 11) is -3.34. The van der Waals surface area contributed by atoms with Crippen LogP contribution in [-0.2, 0) is 21.2 Å². The van der Waals surface area contributed by atoms with Crippen LogP contribution in [0.4, 0.5) is 5.82 Å². The van der Waals surface area contributed by atoms with Gasteiger partial charge in [-0.3, -0.25) is 0 Å². The van der Waals surface area contributed by atoms with Crippen LogP contribution in [0.1, 0.15) is 32.0 Å². The summed E-state index contributed by atoms with van der Waals surface area (Å²) in [6.07, 6.45) is 3.80. The molecule has 0 unspecified atom stereocenters. The summed E-state index contributed by atoms with van der Waals surface area (Å²) in [6, 6.07) is 1.95. The van der Waals surface area contributed by atoms with Gasteiger partial charge >= 0.3 is 0 Å². The number of fused-ring (bicyclic) bond motifs is 1. The van der Waals surface area contributed by atoms with Crippen molar-refractivity contribution in [1.82, 2.24) is 14.7 Å². The van der Waals surface area contributed by atoms with Gasteiger partial charge in [0.1, 0.15) is 16.5 Å². The Balaban J connectivity index is 1.54. The molecular formula is C16H24N4O3S2. The molecule has 1 aliphatic heterocycles. The number of rotatable bonds is 8. The maximum Gasteiger partial charge on any atom is 0.213 e. The van der Waals surface area contributed by atoms with Gasteiger partial charge in [0.15, 0.2) is 0 Å². The fourth-order valence-electron chi connectivity index (χ4n) is 2.76. The van der Waals surface area contributed by atoms with E-state index in [2.05, 4.69) is 20.0 Å². The van der Waals surface area contributed by atoms with Gasteiger partial charge in [0.2, 0.25) is 10.0 Å². The maximum atomic E-state index is 12.2. The molecule has 0 amide bonds. The third-order valence-electron chi connectivity index (χ3n) is 4.16. The number of ether oxygens (including phenoxy) is 1. The van der Waals surface area contributed by atoms with Gasteiger partial charge in [-0.25, -0.2) is 23.1 Å². The topological polar surface area (TPSA) is 93.2 Å². The lowest BCUT2D eigenvalue weighted by Gasteiger charge is -2.22.